The van der Waals surface area contributed by atoms with Crippen LogP contribution in [0.15, 0.2) is 66.9 Å². The van der Waals surface area contributed by atoms with E-state index in [-0.39, 0.29) is 0 Å². The van der Waals surface area contributed by atoms with E-state index in [9.17, 15) is 0 Å². The molecule has 2 aromatic heterocycles. The van der Waals surface area contributed by atoms with Crippen LogP contribution in [0.5, 0.6) is 0 Å². The predicted octanol–water partition coefficient (Wildman–Crippen LogP) is 8.96. The van der Waals surface area contributed by atoms with Crippen molar-refractivity contribution in [2.75, 3.05) is 12.3 Å². The van der Waals surface area contributed by atoms with Crippen LogP contribution in [-0.4, -0.2) is 21.7 Å². The summed E-state index contributed by atoms with van der Waals surface area (Å²) in [6, 6.07) is 21.7. The molecule has 0 aliphatic heterocycles. The maximum absolute atomic E-state index is 4.84. The van der Waals surface area contributed by atoms with Crippen molar-refractivity contribution >= 4 is 35.9 Å². The number of pyridine rings is 1. The molecule has 0 bridgehead atoms. The first kappa shape index (κ1) is 24.9. The summed E-state index contributed by atoms with van der Waals surface area (Å²) in [7, 11) is 1.20. The Bertz CT molecular complexity index is 1340. The zero-order valence-electron chi connectivity index (χ0n) is 21.2. The van der Waals surface area contributed by atoms with Crippen molar-refractivity contribution in [2.45, 2.75) is 48.5 Å². The lowest BCUT2D eigenvalue weighted by Crippen LogP contribution is -1.96. The minimum absolute atomic E-state index is 1.02. The van der Waals surface area contributed by atoms with Crippen LogP contribution < -0.4 is 0 Å². The van der Waals surface area contributed by atoms with Crippen LogP contribution in [0.4, 0.5) is 0 Å². The molecular weight excluding hydrogens is 419 g/mol. The fourth-order valence-electron chi connectivity index (χ4n) is 4.40. The maximum Gasteiger partial charge on any atom is 0.145 e. The van der Waals surface area contributed by atoms with Crippen LogP contribution in [0.2, 0.25) is 0 Å². The van der Waals surface area contributed by atoms with Gasteiger partial charge in [-0.1, -0.05) is 81.8 Å². The van der Waals surface area contributed by atoms with Gasteiger partial charge in [-0.2, -0.15) is 0 Å². The summed E-state index contributed by atoms with van der Waals surface area (Å²) in [5.41, 5.74) is 8.50. The summed E-state index contributed by atoms with van der Waals surface area (Å²) >= 11 is 0. The fourth-order valence-corrected chi connectivity index (χ4v) is 4.90. The van der Waals surface area contributed by atoms with E-state index in [1.807, 2.05) is 20.0 Å². The minimum Gasteiger partial charge on any atom is -0.292 e. The quantitative estimate of drug-likeness (QED) is 0.196. The Hall–Kier alpha value is -2.70. The fraction of sp³-hybridized carbons (Fsp3) is 0.300. The molecule has 3 aromatic carbocycles. The molecule has 0 amide bonds. The Balaban J connectivity index is 0.000000390. The molecule has 33 heavy (non-hydrogen) atoms. The highest BCUT2D eigenvalue weighted by atomic mass is 31.1. The molecule has 0 aliphatic carbocycles. The summed E-state index contributed by atoms with van der Waals surface area (Å²) in [6.45, 7) is 15.0. The van der Waals surface area contributed by atoms with Crippen molar-refractivity contribution in [1.29, 1.82) is 0 Å². The highest BCUT2D eigenvalue weighted by molar-refractivity contribution is 7.37. The van der Waals surface area contributed by atoms with E-state index in [1.54, 1.807) is 0 Å². The van der Waals surface area contributed by atoms with Crippen LogP contribution >= 0.6 is 8.58 Å². The van der Waals surface area contributed by atoms with Gasteiger partial charge < -0.3 is 0 Å². The monoisotopic (exact) mass is 456 g/mol. The number of nitrogens with zero attached hydrogens (tertiary/aromatic N) is 2. The van der Waals surface area contributed by atoms with Gasteiger partial charge in [-0.3, -0.25) is 4.40 Å². The zero-order chi connectivity index (χ0) is 24.0. The van der Waals surface area contributed by atoms with Gasteiger partial charge in [-0.25, -0.2) is 4.98 Å². The van der Waals surface area contributed by atoms with Gasteiger partial charge in [0.15, 0.2) is 0 Å². The number of aromatic nitrogens is 2. The molecule has 3 heteroatoms. The van der Waals surface area contributed by atoms with Crippen molar-refractivity contribution in [1.82, 2.24) is 9.38 Å². The van der Waals surface area contributed by atoms with Crippen LogP contribution in [0.25, 0.3) is 38.6 Å². The largest absolute Gasteiger partial charge is 0.292 e. The number of aryl methyl sites for hydroxylation is 3. The van der Waals surface area contributed by atoms with E-state index >= 15 is 0 Å². The molecular formula is C30H37N2P. The van der Waals surface area contributed by atoms with Crippen molar-refractivity contribution in [3.63, 3.8) is 0 Å². The molecule has 0 fully saturated rings. The molecule has 0 spiro atoms. The summed E-state index contributed by atoms with van der Waals surface area (Å²) in [6.07, 6.45) is 4.77. The van der Waals surface area contributed by atoms with E-state index in [0.717, 1.165) is 11.3 Å². The first-order valence-electron chi connectivity index (χ1n) is 12.1. The smallest absolute Gasteiger partial charge is 0.145 e. The number of hydrogen-bond donors (Lipinski definition) is 0. The van der Waals surface area contributed by atoms with Crippen molar-refractivity contribution < 1.29 is 0 Å². The summed E-state index contributed by atoms with van der Waals surface area (Å²) in [5.74, 6) is 0. The van der Waals surface area contributed by atoms with Gasteiger partial charge in [-0.15, -0.1) is 8.58 Å². The first-order valence-corrected chi connectivity index (χ1v) is 13.5. The molecule has 172 valence electrons. The number of hydrogen-bond acceptors (Lipinski definition) is 1. The SMILES string of the molecule is CC.CCPCC.Cc1ccc2c(c1)c1ccccc1c1ncc(-c3c(C)cccc3C)n21. The van der Waals surface area contributed by atoms with Crippen LogP contribution in [-0.2, 0) is 0 Å². The average molecular weight is 457 g/mol. The first-order chi connectivity index (χ1) is 16.1. The Labute approximate surface area is 200 Å². The van der Waals surface area contributed by atoms with Crippen molar-refractivity contribution in [3.05, 3.63) is 83.6 Å². The van der Waals surface area contributed by atoms with Gasteiger partial charge in [0.2, 0.25) is 0 Å². The molecule has 0 saturated carbocycles. The van der Waals surface area contributed by atoms with E-state index in [4.69, 9.17) is 4.98 Å². The number of imidazole rings is 1. The van der Waals surface area contributed by atoms with Crippen LogP contribution in [0, 0.1) is 20.8 Å². The topological polar surface area (TPSA) is 17.3 Å². The third kappa shape index (κ3) is 4.97. The van der Waals surface area contributed by atoms with Gasteiger partial charge >= 0.3 is 0 Å². The minimum atomic E-state index is 1.02. The van der Waals surface area contributed by atoms with Gasteiger partial charge in [0.25, 0.3) is 0 Å². The normalized spacial score (nSPS) is 10.6. The zero-order valence-corrected chi connectivity index (χ0v) is 22.2. The lowest BCUT2D eigenvalue weighted by Gasteiger charge is -2.14. The second-order valence-corrected chi connectivity index (χ2v) is 10.0. The van der Waals surface area contributed by atoms with E-state index in [0.29, 0.717) is 0 Å². The van der Waals surface area contributed by atoms with Crippen LogP contribution in [0.3, 0.4) is 0 Å². The lowest BCUT2D eigenvalue weighted by molar-refractivity contribution is 1.24. The van der Waals surface area contributed by atoms with Gasteiger partial charge in [0, 0.05) is 16.3 Å². The summed E-state index contributed by atoms with van der Waals surface area (Å²) < 4.78 is 2.33. The standard InChI is InChI=1S/C24H20N2.C4H11P.C2H6/c1-15-11-12-21-20(13-15)18-9-4-5-10-19(18)24-25-14-22(26(21)24)23-16(2)7-6-8-17(23)3;1-3-5-4-2;1-2/h4-14H,1-3H3;5H,3-4H2,1-2H3;1-2H3. The molecule has 0 N–H and O–H groups in total. The van der Waals surface area contributed by atoms with Gasteiger partial charge in [0.05, 0.1) is 17.4 Å². The molecule has 0 atom stereocenters. The maximum atomic E-state index is 4.84. The molecule has 2 nitrogen and oxygen atoms in total. The molecule has 0 saturated heterocycles. The number of fused-ring (bicyclic) bond motifs is 6. The Morgan fingerprint density at radius 1 is 0.758 bits per heavy atom. The van der Waals surface area contributed by atoms with Crippen molar-refractivity contribution in [3.8, 4) is 11.3 Å². The molecule has 5 rings (SSSR count). The molecule has 0 unspecified atom stereocenters. The molecule has 2 heterocycles. The Morgan fingerprint density at radius 3 is 2.00 bits per heavy atom. The van der Waals surface area contributed by atoms with Crippen LogP contribution in [0.1, 0.15) is 44.4 Å². The Kier molecular flexibility index (Phi) is 8.64. The third-order valence-electron chi connectivity index (χ3n) is 5.85. The third-order valence-corrected chi connectivity index (χ3v) is 6.85. The summed E-state index contributed by atoms with van der Waals surface area (Å²) in [5, 5.41) is 3.74. The number of benzene rings is 3. The lowest BCUT2D eigenvalue weighted by atomic mass is 9.99. The second kappa shape index (κ2) is 11.4. The highest BCUT2D eigenvalue weighted by Crippen LogP contribution is 2.35. The molecule has 0 radical (unpaired) electrons. The van der Waals surface area contributed by atoms with Gasteiger partial charge in [0.1, 0.15) is 5.65 Å². The number of rotatable bonds is 3. The van der Waals surface area contributed by atoms with Gasteiger partial charge in [-0.05, 0) is 61.7 Å². The average Bonchev–Trinajstić information content (AvgIpc) is 3.26. The van der Waals surface area contributed by atoms with E-state index in [1.165, 1.54) is 64.8 Å². The van der Waals surface area contributed by atoms with E-state index in [2.05, 4.69) is 99.7 Å². The summed E-state index contributed by atoms with van der Waals surface area (Å²) in [4.78, 5) is 4.84. The van der Waals surface area contributed by atoms with Crippen molar-refractivity contribution in [2.24, 2.45) is 0 Å². The highest BCUT2D eigenvalue weighted by Gasteiger charge is 2.16. The second-order valence-electron chi connectivity index (χ2n) is 8.09. The predicted molar refractivity (Wildman–Crippen MR) is 151 cm³/mol. The molecule has 0 aliphatic rings. The molecule has 5 aromatic rings. The van der Waals surface area contributed by atoms with E-state index < -0.39 is 0 Å². The Morgan fingerprint density at radius 2 is 1.39 bits per heavy atom.